The summed E-state index contributed by atoms with van der Waals surface area (Å²) in [6, 6.07) is 5.92. The minimum absolute atomic E-state index is 0.778. The minimum Gasteiger partial charge on any atom is -0.399 e. The van der Waals surface area contributed by atoms with Gasteiger partial charge in [0.25, 0.3) is 0 Å². The van der Waals surface area contributed by atoms with Crippen molar-refractivity contribution < 1.29 is 4.74 Å². The number of hydrogen-bond acceptors (Lipinski definition) is 3. The molecule has 1 aromatic rings. The second-order valence-corrected chi connectivity index (χ2v) is 4.52. The molecule has 0 aliphatic heterocycles. The SMILES string of the molecule is Cc1cc(N)ccc1NCCOCC1CC1. The lowest BCUT2D eigenvalue weighted by molar-refractivity contribution is 0.134. The van der Waals surface area contributed by atoms with Crippen molar-refractivity contribution in [1.29, 1.82) is 0 Å². The Morgan fingerprint density at radius 1 is 1.44 bits per heavy atom. The van der Waals surface area contributed by atoms with Gasteiger partial charge in [0.05, 0.1) is 6.61 Å². The molecule has 0 atom stereocenters. The van der Waals surface area contributed by atoms with Crippen LogP contribution in [0.15, 0.2) is 18.2 Å². The Bertz CT molecular complexity index is 348. The lowest BCUT2D eigenvalue weighted by Crippen LogP contribution is -2.11. The average molecular weight is 220 g/mol. The number of benzene rings is 1. The molecule has 0 amide bonds. The van der Waals surface area contributed by atoms with E-state index in [0.717, 1.165) is 37.1 Å². The van der Waals surface area contributed by atoms with Gasteiger partial charge in [-0.1, -0.05) is 0 Å². The monoisotopic (exact) mass is 220 g/mol. The van der Waals surface area contributed by atoms with E-state index in [1.54, 1.807) is 0 Å². The molecule has 88 valence electrons. The first-order valence-electron chi connectivity index (χ1n) is 5.93. The lowest BCUT2D eigenvalue weighted by Gasteiger charge is -2.10. The van der Waals surface area contributed by atoms with E-state index in [2.05, 4.69) is 12.2 Å². The molecule has 3 heteroatoms. The molecule has 1 saturated carbocycles. The summed E-state index contributed by atoms with van der Waals surface area (Å²) in [5, 5.41) is 3.35. The standard InChI is InChI=1S/C13H20N2O/c1-10-8-12(14)4-5-13(10)15-6-7-16-9-11-2-3-11/h4-5,8,11,15H,2-3,6-7,9,14H2,1H3. The van der Waals surface area contributed by atoms with Crippen molar-refractivity contribution in [3.8, 4) is 0 Å². The first-order valence-corrected chi connectivity index (χ1v) is 5.93. The van der Waals surface area contributed by atoms with Crippen LogP contribution in [0.4, 0.5) is 11.4 Å². The molecule has 3 N–H and O–H groups in total. The highest BCUT2D eigenvalue weighted by Gasteiger charge is 2.20. The second-order valence-electron chi connectivity index (χ2n) is 4.52. The van der Waals surface area contributed by atoms with Gasteiger partial charge >= 0.3 is 0 Å². The van der Waals surface area contributed by atoms with Crippen LogP contribution in [-0.4, -0.2) is 19.8 Å². The van der Waals surface area contributed by atoms with Gasteiger partial charge in [-0.25, -0.2) is 0 Å². The molecule has 0 saturated heterocycles. The molecule has 0 bridgehead atoms. The summed E-state index contributed by atoms with van der Waals surface area (Å²) in [6.07, 6.45) is 2.70. The maximum absolute atomic E-state index is 5.69. The van der Waals surface area contributed by atoms with Crippen molar-refractivity contribution in [2.24, 2.45) is 5.92 Å². The number of nitrogens with two attached hydrogens (primary N) is 1. The zero-order valence-corrected chi connectivity index (χ0v) is 9.83. The summed E-state index contributed by atoms with van der Waals surface area (Å²) in [6.45, 7) is 4.63. The molecular weight excluding hydrogens is 200 g/mol. The van der Waals surface area contributed by atoms with Crippen LogP contribution in [0, 0.1) is 12.8 Å². The van der Waals surface area contributed by atoms with E-state index in [1.165, 1.54) is 18.4 Å². The first kappa shape index (κ1) is 11.3. The largest absolute Gasteiger partial charge is 0.399 e. The van der Waals surface area contributed by atoms with Crippen molar-refractivity contribution in [2.75, 3.05) is 30.8 Å². The Labute approximate surface area is 97.0 Å². The minimum atomic E-state index is 0.778. The third kappa shape index (κ3) is 3.42. The van der Waals surface area contributed by atoms with E-state index in [4.69, 9.17) is 10.5 Å². The van der Waals surface area contributed by atoms with Crippen LogP contribution in [0.2, 0.25) is 0 Å². The smallest absolute Gasteiger partial charge is 0.0639 e. The van der Waals surface area contributed by atoms with E-state index in [1.807, 2.05) is 18.2 Å². The van der Waals surface area contributed by atoms with Crippen LogP contribution >= 0.6 is 0 Å². The molecular formula is C13H20N2O. The highest BCUT2D eigenvalue weighted by atomic mass is 16.5. The fourth-order valence-electron chi connectivity index (χ4n) is 1.68. The van der Waals surface area contributed by atoms with E-state index >= 15 is 0 Å². The van der Waals surface area contributed by atoms with Crippen molar-refractivity contribution in [3.05, 3.63) is 23.8 Å². The van der Waals surface area contributed by atoms with Crippen molar-refractivity contribution >= 4 is 11.4 Å². The molecule has 2 rings (SSSR count). The van der Waals surface area contributed by atoms with Crippen LogP contribution in [-0.2, 0) is 4.74 Å². The molecule has 0 radical (unpaired) electrons. The molecule has 0 spiro atoms. The van der Waals surface area contributed by atoms with Gasteiger partial charge in [-0.15, -0.1) is 0 Å². The Morgan fingerprint density at radius 3 is 2.94 bits per heavy atom. The lowest BCUT2D eigenvalue weighted by atomic mass is 10.2. The first-order chi connectivity index (χ1) is 7.75. The molecule has 0 aromatic heterocycles. The molecule has 1 aromatic carbocycles. The number of aryl methyl sites for hydroxylation is 1. The summed E-state index contributed by atoms with van der Waals surface area (Å²) in [7, 11) is 0. The van der Waals surface area contributed by atoms with Gasteiger partial charge in [0, 0.05) is 24.5 Å². The fourth-order valence-corrected chi connectivity index (χ4v) is 1.68. The molecule has 3 nitrogen and oxygen atoms in total. The maximum atomic E-state index is 5.69. The Kier molecular flexibility index (Phi) is 3.67. The zero-order valence-electron chi connectivity index (χ0n) is 9.83. The highest BCUT2D eigenvalue weighted by Crippen LogP contribution is 2.28. The van der Waals surface area contributed by atoms with Crippen molar-refractivity contribution in [3.63, 3.8) is 0 Å². The van der Waals surface area contributed by atoms with E-state index in [9.17, 15) is 0 Å². The van der Waals surface area contributed by atoms with Gasteiger partial charge in [0.2, 0.25) is 0 Å². The van der Waals surface area contributed by atoms with Gasteiger partial charge in [-0.05, 0) is 49.4 Å². The van der Waals surface area contributed by atoms with Crippen LogP contribution < -0.4 is 11.1 Å². The molecule has 0 unspecified atom stereocenters. The van der Waals surface area contributed by atoms with Gasteiger partial charge < -0.3 is 15.8 Å². The topological polar surface area (TPSA) is 47.3 Å². The number of anilines is 2. The predicted octanol–water partition coefficient (Wildman–Crippen LogP) is 2.42. The average Bonchev–Trinajstić information content (AvgIpc) is 3.04. The highest BCUT2D eigenvalue weighted by molar-refractivity contribution is 5.57. The summed E-state index contributed by atoms with van der Waals surface area (Å²) in [5.74, 6) is 0.846. The Balaban J connectivity index is 1.67. The van der Waals surface area contributed by atoms with E-state index in [0.29, 0.717) is 0 Å². The van der Waals surface area contributed by atoms with Crippen LogP contribution in [0.25, 0.3) is 0 Å². The van der Waals surface area contributed by atoms with Crippen LogP contribution in [0.3, 0.4) is 0 Å². The van der Waals surface area contributed by atoms with E-state index in [-0.39, 0.29) is 0 Å². The number of hydrogen-bond donors (Lipinski definition) is 2. The summed E-state index contributed by atoms with van der Waals surface area (Å²) < 4.78 is 5.56. The normalized spacial score (nSPS) is 15.1. The van der Waals surface area contributed by atoms with Gasteiger partial charge in [-0.3, -0.25) is 0 Å². The summed E-state index contributed by atoms with van der Waals surface area (Å²) >= 11 is 0. The van der Waals surface area contributed by atoms with Crippen LogP contribution in [0.1, 0.15) is 18.4 Å². The van der Waals surface area contributed by atoms with Gasteiger partial charge in [0.1, 0.15) is 0 Å². The molecule has 0 heterocycles. The summed E-state index contributed by atoms with van der Waals surface area (Å²) in [5.41, 5.74) is 8.83. The number of rotatable bonds is 6. The zero-order chi connectivity index (χ0) is 11.4. The summed E-state index contributed by atoms with van der Waals surface area (Å²) in [4.78, 5) is 0. The quantitative estimate of drug-likeness (QED) is 0.571. The van der Waals surface area contributed by atoms with Gasteiger partial charge in [-0.2, -0.15) is 0 Å². The van der Waals surface area contributed by atoms with E-state index < -0.39 is 0 Å². The Hall–Kier alpha value is -1.22. The fraction of sp³-hybridized carbons (Fsp3) is 0.538. The molecule has 1 aliphatic rings. The van der Waals surface area contributed by atoms with Crippen molar-refractivity contribution in [2.45, 2.75) is 19.8 Å². The second kappa shape index (κ2) is 5.21. The van der Waals surface area contributed by atoms with Crippen molar-refractivity contribution in [1.82, 2.24) is 0 Å². The third-order valence-electron chi connectivity index (χ3n) is 2.86. The molecule has 16 heavy (non-hydrogen) atoms. The Morgan fingerprint density at radius 2 is 2.25 bits per heavy atom. The number of ether oxygens (including phenoxy) is 1. The maximum Gasteiger partial charge on any atom is 0.0639 e. The predicted molar refractivity (Wildman–Crippen MR) is 67.6 cm³/mol. The molecule has 1 fully saturated rings. The van der Waals surface area contributed by atoms with Crippen LogP contribution in [0.5, 0.6) is 0 Å². The number of nitrogen functional groups attached to an aromatic ring is 1. The third-order valence-corrected chi connectivity index (χ3v) is 2.86. The molecule has 1 aliphatic carbocycles. The number of nitrogens with one attached hydrogen (secondary N) is 1. The van der Waals surface area contributed by atoms with Gasteiger partial charge in [0.15, 0.2) is 0 Å².